The maximum atomic E-state index is 14.7. The lowest BCUT2D eigenvalue weighted by Gasteiger charge is -2.55. The molecule has 51 heavy (non-hydrogen) atoms. The molecule has 1 saturated heterocycles. The summed E-state index contributed by atoms with van der Waals surface area (Å²) in [4.78, 5) is 36.0. The Bertz CT molecular complexity index is 1740. The molecule has 2 aromatic heterocycles. The van der Waals surface area contributed by atoms with Gasteiger partial charge in [-0.25, -0.2) is 9.78 Å². The number of nitrogens with zero attached hydrogens (tertiary/aromatic N) is 5. The van der Waals surface area contributed by atoms with Gasteiger partial charge in [0.05, 0.1) is 43.7 Å². The van der Waals surface area contributed by atoms with E-state index in [0.717, 1.165) is 68.4 Å². The van der Waals surface area contributed by atoms with Gasteiger partial charge in [-0.05, 0) is 137 Å². The number of aryl methyl sites for hydroxylation is 1. The number of amides is 2. The smallest absolute Gasteiger partial charge is 0.410 e. The summed E-state index contributed by atoms with van der Waals surface area (Å²) >= 11 is 0. The van der Waals surface area contributed by atoms with Gasteiger partial charge in [0.2, 0.25) is 5.91 Å². The Kier molecular flexibility index (Phi) is 8.88. The third-order valence-corrected chi connectivity index (χ3v) is 13.5. The monoisotopic (exact) mass is 695 g/mol. The fourth-order valence-electron chi connectivity index (χ4n) is 9.62. The molecule has 0 radical (unpaired) electrons. The predicted molar refractivity (Wildman–Crippen MR) is 195 cm³/mol. The number of methoxy groups -OCH3 is 1. The summed E-state index contributed by atoms with van der Waals surface area (Å²) in [6, 6.07) is 12.8. The number of carbonyl (C=O) groups excluding carboxylic acids is 2. The molecule has 9 rings (SSSR count). The van der Waals surface area contributed by atoms with E-state index in [-0.39, 0.29) is 40.4 Å². The van der Waals surface area contributed by atoms with E-state index in [2.05, 4.69) is 42.9 Å². The molecule has 1 N–H and O–H groups in total. The van der Waals surface area contributed by atoms with Crippen LogP contribution in [-0.4, -0.2) is 75.7 Å². The highest BCUT2D eigenvalue weighted by atomic mass is 16.6. The van der Waals surface area contributed by atoms with Gasteiger partial charge in [0.25, 0.3) is 0 Å². The van der Waals surface area contributed by atoms with Gasteiger partial charge in [0, 0.05) is 24.2 Å². The average molecular weight is 696 g/mol. The van der Waals surface area contributed by atoms with Crippen LogP contribution >= 0.6 is 0 Å². The van der Waals surface area contributed by atoms with Gasteiger partial charge in [-0.15, -0.1) is 0 Å². The third kappa shape index (κ3) is 6.42. The number of fused-ring (bicyclic) bond motifs is 3. The van der Waals surface area contributed by atoms with Crippen LogP contribution in [0, 0.1) is 18.3 Å². The molecule has 10 heteroatoms. The van der Waals surface area contributed by atoms with Crippen molar-refractivity contribution in [3.8, 4) is 17.0 Å². The lowest BCUT2D eigenvalue weighted by Crippen LogP contribution is -2.54. The van der Waals surface area contributed by atoms with Gasteiger partial charge in [-0.3, -0.25) is 14.4 Å². The molecule has 0 unspecified atom stereocenters. The standard InChI is InChI=1S/C41H53N5O5/c1-28-22-31(10-13-35(28)50-3)41-19-16-40(17-20-41,18-21-41)27-45(37(48)29-8-11-33(12-9-29)51-38(49)44-25-32(47)26-44)36-7-4-6-34(43-36)30-23-42-46(24-30)39(2)14-5-15-39/h4,6-7,10,13,22-24,29,32-33,47H,5,8-9,11-12,14-21,25-27H2,1-3H3. The van der Waals surface area contributed by atoms with E-state index >= 15 is 0 Å². The van der Waals surface area contributed by atoms with Gasteiger partial charge < -0.3 is 19.5 Å². The number of benzene rings is 1. The summed E-state index contributed by atoms with van der Waals surface area (Å²) in [5, 5.41) is 14.3. The number of aromatic nitrogens is 3. The first-order valence-corrected chi connectivity index (χ1v) is 19.2. The van der Waals surface area contributed by atoms with E-state index in [1.807, 2.05) is 29.3 Å². The summed E-state index contributed by atoms with van der Waals surface area (Å²) in [6.45, 7) is 5.73. The van der Waals surface area contributed by atoms with Gasteiger partial charge in [-0.1, -0.05) is 18.2 Å². The van der Waals surface area contributed by atoms with E-state index in [1.165, 1.54) is 22.4 Å². The van der Waals surface area contributed by atoms with Gasteiger partial charge in [0.1, 0.15) is 17.7 Å². The molecule has 2 bridgehead atoms. The number of anilines is 1. The van der Waals surface area contributed by atoms with Crippen LogP contribution in [0.25, 0.3) is 11.3 Å². The van der Waals surface area contributed by atoms with Crippen molar-refractivity contribution >= 4 is 17.8 Å². The van der Waals surface area contributed by atoms with Crippen LogP contribution in [0.3, 0.4) is 0 Å². The Hall–Kier alpha value is -3.92. The van der Waals surface area contributed by atoms with Crippen LogP contribution in [0.15, 0.2) is 48.8 Å². The molecule has 3 aromatic rings. The van der Waals surface area contributed by atoms with Crippen molar-refractivity contribution < 1.29 is 24.2 Å². The minimum Gasteiger partial charge on any atom is -0.496 e. The minimum atomic E-state index is -0.456. The Morgan fingerprint density at radius 3 is 2.33 bits per heavy atom. The van der Waals surface area contributed by atoms with Gasteiger partial charge >= 0.3 is 6.09 Å². The second kappa shape index (κ2) is 13.2. The molecule has 1 aromatic carbocycles. The highest BCUT2D eigenvalue weighted by Gasteiger charge is 2.51. The molecule has 0 spiro atoms. The number of hydrogen-bond acceptors (Lipinski definition) is 7. The number of aliphatic hydroxyl groups excluding tert-OH is 1. The Labute approximate surface area is 301 Å². The number of aliphatic hydroxyl groups is 1. The number of carbonyl (C=O) groups is 2. The fraction of sp³-hybridized carbons (Fsp3) is 0.610. The normalized spacial score (nSPS) is 28.4. The minimum absolute atomic E-state index is 0.0504. The first-order chi connectivity index (χ1) is 24.6. The van der Waals surface area contributed by atoms with Crippen molar-refractivity contribution in [1.82, 2.24) is 19.7 Å². The third-order valence-electron chi connectivity index (χ3n) is 13.5. The molecule has 1 aliphatic heterocycles. The summed E-state index contributed by atoms with van der Waals surface area (Å²) in [6.07, 6.45) is 15.8. The van der Waals surface area contributed by atoms with E-state index in [1.54, 1.807) is 7.11 Å². The zero-order chi connectivity index (χ0) is 35.4. The quantitative estimate of drug-likeness (QED) is 0.253. The van der Waals surface area contributed by atoms with E-state index in [9.17, 15) is 14.7 Å². The van der Waals surface area contributed by atoms with Crippen LogP contribution in [0.1, 0.15) is 102 Å². The van der Waals surface area contributed by atoms with Crippen molar-refractivity contribution in [3.05, 3.63) is 59.9 Å². The molecule has 272 valence electrons. The molecule has 6 aliphatic rings. The maximum absolute atomic E-state index is 14.7. The zero-order valence-corrected chi connectivity index (χ0v) is 30.5. The Balaban J connectivity index is 1.01. The number of rotatable bonds is 9. The molecule has 0 atom stereocenters. The highest BCUT2D eigenvalue weighted by Crippen LogP contribution is 2.58. The van der Waals surface area contributed by atoms with Crippen LogP contribution in [0.5, 0.6) is 5.75 Å². The zero-order valence-electron chi connectivity index (χ0n) is 30.5. The lowest BCUT2D eigenvalue weighted by molar-refractivity contribution is -0.124. The number of β-amino-alcohol motifs (C(OH)–C–C–N with tert-alkyl or cyclic N) is 1. The lowest BCUT2D eigenvalue weighted by atomic mass is 9.51. The van der Waals surface area contributed by atoms with Crippen LogP contribution in [-0.2, 0) is 20.5 Å². The number of likely N-dealkylation sites (tertiary alicyclic amines) is 1. The molecular formula is C41H53N5O5. The second-order valence-electron chi connectivity index (χ2n) is 16.7. The van der Waals surface area contributed by atoms with E-state index in [0.29, 0.717) is 51.1 Å². The van der Waals surface area contributed by atoms with Crippen LogP contribution < -0.4 is 9.64 Å². The van der Waals surface area contributed by atoms with Gasteiger partial charge in [0.15, 0.2) is 0 Å². The number of ether oxygens (including phenoxy) is 2. The Morgan fingerprint density at radius 1 is 0.980 bits per heavy atom. The summed E-state index contributed by atoms with van der Waals surface area (Å²) in [5.41, 5.74) is 4.73. The molecular weight excluding hydrogens is 642 g/mol. The van der Waals surface area contributed by atoms with Crippen molar-refractivity contribution in [3.63, 3.8) is 0 Å². The second-order valence-corrected chi connectivity index (χ2v) is 16.7. The molecule has 5 saturated carbocycles. The summed E-state index contributed by atoms with van der Waals surface area (Å²) in [5.74, 6) is 1.64. The average Bonchev–Trinajstić information content (AvgIpc) is 3.63. The van der Waals surface area contributed by atoms with Crippen molar-refractivity contribution in [1.29, 1.82) is 0 Å². The van der Waals surface area contributed by atoms with Crippen molar-refractivity contribution in [2.75, 3.05) is 31.6 Å². The topological polar surface area (TPSA) is 110 Å². The Morgan fingerprint density at radius 2 is 1.71 bits per heavy atom. The van der Waals surface area contributed by atoms with Crippen LogP contribution in [0.2, 0.25) is 0 Å². The van der Waals surface area contributed by atoms with Crippen molar-refractivity contribution in [2.45, 2.75) is 120 Å². The van der Waals surface area contributed by atoms with E-state index < -0.39 is 6.10 Å². The van der Waals surface area contributed by atoms with E-state index in [4.69, 9.17) is 19.6 Å². The molecule has 10 nitrogen and oxygen atoms in total. The molecule has 2 amide bonds. The SMILES string of the molecule is COc1ccc(C23CCC(CN(C(=O)C4CCC(OC(=O)N5CC(O)C5)CC4)c4cccc(-c5cnn(C6(C)CCC6)c5)n4)(CC2)CC3)cc1C. The number of pyridine rings is 1. The molecule has 6 fully saturated rings. The van der Waals surface area contributed by atoms with Crippen LogP contribution in [0.4, 0.5) is 10.6 Å². The molecule has 3 heterocycles. The maximum Gasteiger partial charge on any atom is 0.410 e. The number of hydrogen-bond donors (Lipinski definition) is 1. The fourth-order valence-corrected chi connectivity index (χ4v) is 9.62. The largest absolute Gasteiger partial charge is 0.496 e. The predicted octanol–water partition coefficient (Wildman–Crippen LogP) is 7.16. The summed E-state index contributed by atoms with van der Waals surface area (Å²) in [7, 11) is 1.73. The first kappa shape index (κ1) is 34.2. The highest BCUT2D eigenvalue weighted by molar-refractivity contribution is 5.94. The molecule has 5 aliphatic carbocycles. The summed E-state index contributed by atoms with van der Waals surface area (Å²) < 4.78 is 13.4. The first-order valence-electron chi connectivity index (χ1n) is 19.2. The van der Waals surface area contributed by atoms with Crippen molar-refractivity contribution in [2.24, 2.45) is 11.3 Å². The van der Waals surface area contributed by atoms with Gasteiger partial charge in [-0.2, -0.15) is 5.10 Å².